The molecule has 2 aromatic rings. The molecule has 0 radical (unpaired) electrons. The summed E-state index contributed by atoms with van der Waals surface area (Å²) in [5.74, 6) is 1.00. The quantitative estimate of drug-likeness (QED) is 0.816. The smallest absolute Gasteiger partial charge is 0.120 e. The van der Waals surface area contributed by atoms with E-state index in [1.807, 2.05) is 0 Å². The van der Waals surface area contributed by atoms with E-state index < -0.39 is 0 Å². The predicted octanol–water partition coefficient (Wildman–Crippen LogP) is 4.64. The van der Waals surface area contributed by atoms with Gasteiger partial charge in [-0.1, -0.05) is 63.2 Å². The second-order valence-electron chi connectivity index (χ2n) is 7.53. The third kappa shape index (κ3) is 4.35. The lowest BCUT2D eigenvalue weighted by Gasteiger charge is -2.21. The molecule has 3 rings (SSSR count). The molecule has 1 atom stereocenters. The molecule has 0 N–H and O–H groups in total. The van der Waals surface area contributed by atoms with Crippen molar-refractivity contribution in [3.8, 4) is 5.75 Å². The summed E-state index contributed by atoms with van der Waals surface area (Å²) in [6.07, 6.45) is 1.40. The molecule has 23 heavy (non-hydrogen) atoms. The fourth-order valence-electron chi connectivity index (χ4n) is 3.11. The first-order chi connectivity index (χ1) is 11.0. The number of ether oxygens (including phenoxy) is 1. The summed E-state index contributed by atoms with van der Waals surface area (Å²) < 4.78 is 6.24. The van der Waals surface area contributed by atoms with Gasteiger partial charge in [-0.15, -0.1) is 0 Å². The maximum atomic E-state index is 6.24. The molecule has 0 amide bonds. The fraction of sp³-hybridized carbons (Fsp3) is 0.429. The number of likely N-dealkylation sites (tertiary alicyclic amines) is 1. The Morgan fingerprint density at radius 1 is 1.04 bits per heavy atom. The molecular formula is C21H27NO. The van der Waals surface area contributed by atoms with Crippen LogP contribution in [0.4, 0.5) is 0 Å². The molecule has 2 heteroatoms. The molecular weight excluding hydrogens is 282 g/mol. The molecule has 2 aromatic carbocycles. The van der Waals surface area contributed by atoms with Gasteiger partial charge in [-0.25, -0.2) is 0 Å². The van der Waals surface area contributed by atoms with E-state index in [9.17, 15) is 0 Å². The molecule has 0 aliphatic carbocycles. The highest BCUT2D eigenvalue weighted by atomic mass is 16.5. The number of hydrogen-bond acceptors (Lipinski definition) is 2. The van der Waals surface area contributed by atoms with Crippen molar-refractivity contribution in [2.24, 2.45) is 0 Å². The van der Waals surface area contributed by atoms with Gasteiger partial charge in [0.25, 0.3) is 0 Å². The molecule has 0 spiro atoms. The second-order valence-corrected chi connectivity index (χ2v) is 7.53. The Labute approximate surface area is 140 Å². The maximum Gasteiger partial charge on any atom is 0.120 e. The van der Waals surface area contributed by atoms with Gasteiger partial charge in [0.15, 0.2) is 0 Å². The molecule has 1 saturated heterocycles. The Balaban J connectivity index is 1.58. The molecule has 1 aliphatic rings. The van der Waals surface area contributed by atoms with E-state index in [2.05, 4.69) is 80.3 Å². The van der Waals surface area contributed by atoms with E-state index in [0.717, 1.165) is 31.8 Å². The number of nitrogens with zero attached hydrogens (tertiary/aromatic N) is 1. The zero-order valence-electron chi connectivity index (χ0n) is 14.5. The standard InChI is InChI=1S/C21H27NO/c1-21(2,3)18-10-7-11-19(14-18)23-20-12-13-22(16-20)15-17-8-5-4-6-9-17/h4-11,14,20H,12-13,15-16H2,1-3H3. The van der Waals surface area contributed by atoms with Gasteiger partial charge in [-0.2, -0.15) is 0 Å². The molecule has 2 nitrogen and oxygen atoms in total. The molecule has 1 aliphatic heterocycles. The third-order valence-electron chi connectivity index (χ3n) is 4.48. The minimum atomic E-state index is 0.161. The molecule has 0 saturated carbocycles. The third-order valence-corrected chi connectivity index (χ3v) is 4.48. The van der Waals surface area contributed by atoms with Crippen LogP contribution in [0, 0.1) is 0 Å². The van der Waals surface area contributed by atoms with Gasteiger partial charge in [-0.3, -0.25) is 4.90 Å². The Kier molecular flexibility index (Phi) is 4.72. The molecule has 122 valence electrons. The first kappa shape index (κ1) is 16.1. The minimum absolute atomic E-state index is 0.161. The van der Waals surface area contributed by atoms with E-state index >= 15 is 0 Å². The monoisotopic (exact) mass is 309 g/mol. The Morgan fingerprint density at radius 2 is 1.83 bits per heavy atom. The Bertz CT molecular complexity index is 630. The lowest BCUT2D eigenvalue weighted by atomic mass is 9.87. The van der Waals surface area contributed by atoms with Crippen molar-refractivity contribution in [2.45, 2.75) is 45.3 Å². The van der Waals surface area contributed by atoms with E-state index in [0.29, 0.717) is 6.10 Å². The van der Waals surface area contributed by atoms with Crippen molar-refractivity contribution >= 4 is 0 Å². The maximum absolute atomic E-state index is 6.24. The van der Waals surface area contributed by atoms with Gasteiger partial charge in [0.05, 0.1) is 0 Å². The lowest BCUT2D eigenvalue weighted by Crippen LogP contribution is -2.24. The van der Waals surface area contributed by atoms with E-state index in [4.69, 9.17) is 4.74 Å². The Morgan fingerprint density at radius 3 is 2.57 bits per heavy atom. The van der Waals surface area contributed by atoms with Crippen LogP contribution >= 0.6 is 0 Å². The van der Waals surface area contributed by atoms with Gasteiger partial charge >= 0.3 is 0 Å². The van der Waals surface area contributed by atoms with Crippen molar-refractivity contribution in [1.82, 2.24) is 4.90 Å². The first-order valence-electron chi connectivity index (χ1n) is 8.54. The van der Waals surface area contributed by atoms with Crippen LogP contribution in [0.2, 0.25) is 0 Å². The van der Waals surface area contributed by atoms with Crippen LogP contribution < -0.4 is 4.74 Å². The highest BCUT2D eigenvalue weighted by Gasteiger charge is 2.24. The van der Waals surface area contributed by atoms with Crippen LogP contribution in [0.3, 0.4) is 0 Å². The van der Waals surface area contributed by atoms with Gasteiger partial charge in [0.2, 0.25) is 0 Å². The SMILES string of the molecule is CC(C)(C)c1cccc(OC2CCN(Cc3ccccc3)C2)c1. The van der Waals surface area contributed by atoms with Crippen LogP contribution in [0.1, 0.15) is 38.3 Å². The summed E-state index contributed by atoms with van der Waals surface area (Å²) in [6.45, 7) is 9.85. The van der Waals surface area contributed by atoms with Crippen LogP contribution in [0.5, 0.6) is 5.75 Å². The zero-order chi connectivity index (χ0) is 16.3. The van der Waals surface area contributed by atoms with Crippen molar-refractivity contribution in [3.05, 3.63) is 65.7 Å². The summed E-state index contributed by atoms with van der Waals surface area (Å²) in [6, 6.07) is 19.2. The summed E-state index contributed by atoms with van der Waals surface area (Å²) in [7, 11) is 0. The highest BCUT2D eigenvalue weighted by Crippen LogP contribution is 2.27. The number of rotatable bonds is 4. The molecule has 1 unspecified atom stereocenters. The van der Waals surface area contributed by atoms with E-state index in [1.54, 1.807) is 0 Å². The van der Waals surface area contributed by atoms with Crippen molar-refractivity contribution < 1.29 is 4.74 Å². The summed E-state index contributed by atoms with van der Waals surface area (Å²) >= 11 is 0. The Hall–Kier alpha value is -1.80. The largest absolute Gasteiger partial charge is 0.489 e. The number of benzene rings is 2. The van der Waals surface area contributed by atoms with Crippen molar-refractivity contribution in [1.29, 1.82) is 0 Å². The van der Waals surface area contributed by atoms with Crippen molar-refractivity contribution in [3.63, 3.8) is 0 Å². The average molecular weight is 309 g/mol. The lowest BCUT2D eigenvalue weighted by molar-refractivity contribution is 0.198. The molecule has 1 fully saturated rings. The van der Waals surface area contributed by atoms with Gasteiger partial charge in [-0.05, 0) is 35.1 Å². The molecule has 0 bridgehead atoms. The number of hydrogen-bond donors (Lipinski definition) is 0. The van der Waals surface area contributed by atoms with Crippen LogP contribution in [0.15, 0.2) is 54.6 Å². The van der Waals surface area contributed by atoms with E-state index in [1.165, 1.54) is 11.1 Å². The predicted molar refractivity (Wildman–Crippen MR) is 95.9 cm³/mol. The van der Waals surface area contributed by atoms with Crippen LogP contribution in [0.25, 0.3) is 0 Å². The highest BCUT2D eigenvalue weighted by molar-refractivity contribution is 5.32. The van der Waals surface area contributed by atoms with Gasteiger partial charge < -0.3 is 4.74 Å². The normalized spacial score (nSPS) is 19.0. The molecule has 1 heterocycles. The fourth-order valence-corrected chi connectivity index (χ4v) is 3.11. The van der Waals surface area contributed by atoms with Crippen molar-refractivity contribution in [2.75, 3.05) is 13.1 Å². The second kappa shape index (κ2) is 6.76. The van der Waals surface area contributed by atoms with Crippen LogP contribution in [-0.4, -0.2) is 24.1 Å². The molecule has 0 aromatic heterocycles. The topological polar surface area (TPSA) is 12.5 Å². The summed E-state index contributed by atoms with van der Waals surface area (Å²) in [5, 5.41) is 0. The van der Waals surface area contributed by atoms with Gasteiger partial charge in [0, 0.05) is 19.6 Å². The zero-order valence-corrected chi connectivity index (χ0v) is 14.5. The van der Waals surface area contributed by atoms with Gasteiger partial charge in [0.1, 0.15) is 11.9 Å². The van der Waals surface area contributed by atoms with Crippen LogP contribution in [-0.2, 0) is 12.0 Å². The first-order valence-corrected chi connectivity index (χ1v) is 8.54. The van der Waals surface area contributed by atoms with E-state index in [-0.39, 0.29) is 5.41 Å². The minimum Gasteiger partial charge on any atom is -0.489 e. The summed E-state index contributed by atoms with van der Waals surface area (Å²) in [4.78, 5) is 2.48. The average Bonchev–Trinajstić information content (AvgIpc) is 2.95. The summed E-state index contributed by atoms with van der Waals surface area (Å²) in [5.41, 5.74) is 2.87.